The lowest BCUT2D eigenvalue weighted by molar-refractivity contribution is -0.384. The molecule has 1 aliphatic heterocycles. The number of benzene rings is 2. The van der Waals surface area contributed by atoms with Gasteiger partial charge < -0.3 is 15.4 Å². The van der Waals surface area contributed by atoms with Gasteiger partial charge in [-0.05, 0) is 30.3 Å². The second kappa shape index (κ2) is 8.15. The largest absolute Gasteiger partial charge is 0.495 e. The average molecular weight is 419 g/mol. The summed E-state index contributed by atoms with van der Waals surface area (Å²) in [5, 5.41) is 16.4. The minimum atomic E-state index is -1.24. The number of nitrogens with zero attached hydrogens (tertiary/aromatic N) is 2. The number of imide groups is 1. The molecule has 29 heavy (non-hydrogen) atoms. The molecule has 1 fully saturated rings. The number of anilines is 2. The normalized spacial score (nSPS) is 16.2. The van der Waals surface area contributed by atoms with Gasteiger partial charge >= 0.3 is 6.03 Å². The lowest BCUT2D eigenvalue weighted by Crippen LogP contribution is -2.58. The van der Waals surface area contributed by atoms with Gasteiger partial charge in [0.05, 0.1) is 23.4 Å². The molecule has 0 aliphatic carbocycles. The van der Waals surface area contributed by atoms with E-state index in [0.717, 1.165) is 11.0 Å². The van der Waals surface area contributed by atoms with Crippen LogP contribution < -0.4 is 20.3 Å². The molecule has 2 aromatic rings. The number of nitro benzene ring substituents is 1. The fourth-order valence-electron chi connectivity index (χ4n) is 2.78. The third-order valence-electron chi connectivity index (χ3n) is 4.23. The molecule has 0 saturated carbocycles. The average Bonchev–Trinajstić information content (AvgIpc) is 2.69. The predicted octanol–water partition coefficient (Wildman–Crippen LogP) is 2.57. The Kier molecular flexibility index (Phi) is 5.64. The molecule has 0 aromatic heterocycles. The fraction of sp³-hybridized carbons (Fsp3) is 0.167. The van der Waals surface area contributed by atoms with Crippen molar-refractivity contribution in [3.8, 4) is 5.75 Å². The zero-order valence-corrected chi connectivity index (χ0v) is 15.8. The van der Waals surface area contributed by atoms with E-state index < -0.39 is 28.7 Å². The zero-order valence-electron chi connectivity index (χ0n) is 15.0. The van der Waals surface area contributed by atoms with Crippen molar-refractivity contribution in [1.29, 1.82) is 0 Å². The maximum atomic E-state index is 12.8. The van der Waals surface area contributed by atoms with Crippen LogP contribution in [0.2, 0.25) is 5.02 Å². The number of carbonyl (C=O) groups excluding carboxylic acids is 3. The molecule has 0 radical (unpaired) electrons. The highest BCUT2D eigenvalue weighted by Gasteiger charge is 2.39. The molecule has 10 nitrogen and oxygen atoms in total. The van der Waals surface area contributed by atoms with Crippen LogP contribution in [0.4, 0.5) is 21.9 Å². The number of rotatable bonds is 5. The Morgan fingerprint density at radius 3 is 2.59 bits per heavy atom. The lowest BCUT2D eigenvalue weighted by atomic mass is 10.0. The number of hydrogen-bond donors (Lipinski definition) is 2. The van der Waals surface area contributed by atoms with E-state index in [4.69, 9.17) is 16.3 Å². The van der Waals surface area contributed by atoms with E-state index in [1.165, 1.54) is 43.5 Å². The van der Waals surface area contributed by atoms with Crippen molar-refractivity contribution in [2.45, 2.75) is 0 Å². The molecule has 11 heteroatoms. The fourth-order valence-corrected chi connectivity index (χ4v) is 2.90. The van der Waals surface area contributed by atoms with Crippen LogP contribution in [0.25, 0.3) is 0 Å². The zero-order chi connectivity index (χ0) is 21.1. The second-order valence-corrected chi connectivity index (χ2v) is 6.46. The van der Waals surface area contributed by atoms with Gasteiger partial charge in [0.15, 0.2) is 0 Å². The first-order valence-electron chi connectivity index (χ1n) is 8.32. The molecule has 1 heterocycles. The quantitative estimate of drug-likeness (QED) is 0.436. The summed E-state index contributed by atoms with van der Waals surface area (Å²) in [6, 6.07) is 8.98. The summed E-state index contributed by atoms with van der Waals surface area (Å²) in [6.45, 7) is -0.217. The van der Waals surface area contributed by atoms with E-state index >= 15 is 0 Å². The smallest absolute Gasteiger partial charge is 0.328 e. The van der Waals surface area contributed by atoms with Crippen molar-refractivity contribution in [2.24, 2.45) is 5.92 Å². The Bertz CT molecular complexity index is 994. The van der Waals surface area contributed by atoms with Gasteiger partial charge in [-0.3, -0.25) is 19.7 Å². The summed E-state index contributed by atoms with van der Waals surface area (Å²) in [5.74, 6) is -2.54. The number of carbonyl (C=O) groups is 3. The Hall–Kier alpha value is -3.66. The Balaban J connectivity index is 1.85. The van der Waals surface area contributed by atoms with Gasteiger partial charge in [0.2, 0.25) is 11.8 Å². The summed E-state index contributed by atoms with van der Waals surface area (Å²) in [5.41, 5.74) is 0.0314. The van der Waals surface area contributed by atoms with Crippen molar-refractivity contribution in [1.82, 2.24) is 5.32 Å². The first-order chi connectivity index (χ1) is 13.8. The van der Waals surface area contributed by atoms with Gasteiger partial charge in [0, 0.05) is 23.7 Å². The monoisotopic (exact) mass is 418 g/mol. The number of urea groups is 1. The molecular weight excluding hydrogens is 404 g/mol. The number of methoxy groups -OCH3 is 1. The van der Waals surface area contributed by atoms with Gasteiger partial charge in [-0.15, -0.1) is 0 Å². The minimum Gasteiger partial charge on any atom is -0.495 e. The highest BCUT2D eigenvalue weighted by atomic mass is 35.5. The van der Waals surface area contributed by atoms with Gasteiger partial charge in [0.1, 0.15) is 11.7 Å². The van der Waals surface area contributed by atoms with Gasteiger partial charge in [-0.1, -0.05) is 11.6 Å². The van der Waals surface area contributed by atoms with Crippen LogP contribution in [0.5, 0.6) is 5.75 Å². The molecule has 3 rings (SSSR count). The first-order valence-corrected chi connectivity index (χ1v) is 8.70. The standard InChI is InChI=1S/C18H15ClN4O6/c1-29-15-7-6-12(23(27)28)8-14(15)21-16(24)13-9-20-18(26)22(17(13)25)11-4-2-10(19)3-5-11/h2-8,13H,9H2,1H3,(H,20,26)(H,21,24). The van der Waals surface area contributed by atoms with Gasteiger partial charge in [-0.25, -0.2) is 9.69 Å². The van der Waals surface area contributed by atoms with Crippen molar-refractivity contribution >= 4 is 46.5 Å². The van der Waals surface area contributed by atoms with Crippen LogP contribution in [0, 0.1) is 16.0 Å². The summed E-state index contributed by atoms with van der Waals surface area (Å²) >= 11 is 5.83. The molecule has 150 valence electrons. The van der Waals surface area contributed by atoms with Crippen LogP contribution in [0.3, 0.4) is 0 Å². The maximum Gasteiger partial charge on any atom is 0.328 e. The maximum absolute atomic E-state index is 12.8. The topological polar surface area (TPSA) is 131 Å². The SMILES string of the molecule is COc1ccc([N+](=O)[O-])cc1NC(=O)C1CNC(=O)N(c2ccc(Cl)cc2)C1=O. The van der Waals surface area contributed by atoms with Crippen molar-refractivity contribution in [3.05, 3.63) is 57.6 Å². The van der Waals surface area contributed by atoms with Gasteiger partial charge in [0.25, 0.3) is 5.69 Å². The van der Waals surface area contributed by atoms with E-state index in [2.05, 4.69) is 10.6 Å². The van der Waals surface area contributed by atoms with Crippen molar-refractivity contribution in [3.63, 3.8) is 0 Å². The van der Waals surface area contributed by atoms with Crippen LogP contribution in [0.15, 0.2) is 42.5 Å². The third kappa shape index (κ3) is 4.11. The van der Waals surface area contributed by atoms with Crippen LogP contribution >= 0.6 is 11.6 Å². The molecule has 4 amide bonds. The molecule has 0 bridgehead atoms. The van der Waals surface area contributed by atoms with E-state index in [1.807, 2.05) is 0 Å². The van der Waals surface area contributed by atoms with Crippen LogP contribution in [-0.4, -0.2) is 36.4 Å². The van der Waals surface area contributed by atoms with E-state index in [0.29, 0.717) is 5.02 Å². The molecule has 1 aliphatic rings. The molecule has 1 unspecified atom stereocenters. The predicted molar refractivity (Wildman–Crippen MR) is 104 cm³/mol. The van der Waals surface area contributed by atoms with E-state index in [9.17, 15) is 24.5 Å². The first kappa shape index (κ1) is 20.1. The highest BCUT2D eigenvalue weighted by molar-refractivity contribution is 6.30. The third-order valence-corrected chi connectivity index (χ3v) is 4.48. The molecule has 2 aromatic carbocycles. The summed E-state index contributed by atoms with van der Waals surface area (Å²) in [4.78, 5) is 48.9. The number of hydrogen-bond acceptors (Lipinski definition) is 6. The highest BCUT2D eigenvalue weighted by Crippen LogP contribution is 2.30. The summed E-state index contributed by atoms with van der Waals surface area (Å²) in [6.07, 6.45) is 0. The number of halogens is 1. The van der Waals surface area contributed by atoms with Crippen molar-refractivity contribution < 1.29 is 24.0 Å². The van der Waals surface area contributed by atoms with E-state index in [1.54, 1.807) is 0 Å². The molecule has 0 spiro atoms. The molecule has 1 saturated heterocycles. The molecule has 1 atom stereocenters. The minimum absolute atomic E-state index is 0.0365. The number of nitro groups is 1. The van der Waals surface area contributed by atoms with Gasteiger partial charge in [-0.2, -0.15) is 0 Å². The molecular formula is C18H15ClN4O6. The summed E-state index contributed by atoms with van der Waals surface area (Å²) < 4.78 is 5.10. The Labute approximate surface area is 169 Å². The number of non-ortho nitro benzene ring substituents is 1. The van der Waals surface area contributed by atoms with Crippen LogP contribution in [0.1, 0.15) is 0 Å². The van der Waals surface area contributed by atoms with Crippen LogP contribution in [-0.2, 0) is 9.59 Å². The number of amides is 4. The Morgan fingerprint density at radius 1 is 1.28 bits per heavy atom. The second-order valence-electron chi connectivity index (χ2n) is 6.02. The summed E-state index contributed by atoms with van der Waals surface area (Å²) in [7, 11) is 1.34. The van der Waals surface area contributed by atoms with Crippen molar-refractivity contribution in [2.75, 3.05) is 23.9 Å². The Morgan fingerprint density at radius 2 is 1.97 bits per heavy atom. The molecule has 2 N–H and O–H groups in total. The lowest BCUT2D eigenvalue weighted by Gasteiger charge is -2.30. The number of nitrogens with one attached hydrogen (secondary N) is 2. The van der Waals surface area contributed by atoms with E-state index in [-0.39, 0.29) is 29.4 Å². The number of ether oxygens (including phenoxy) is 1.